The molecule has 0 fully saturated rings. The molecule has 0 rings (SSSR count). The van der Waals surface area contributed by atoms with Gasteiger partial charge in [-0.3, -0.25) is 0 Å². The Labute approximate surface area is 65.8 Å². The van der Waals surface area contributed by atoms with Crippen molar-refractivity contribution < 1.29 is 22.8 Å². The van der Waals surface area contributed by atoms with Crippen LogP contribution in [0.5, 0.6) is 0 Å². The third kappa shape index (κ3) is 4.85. The maximum Gasteiger partial charge on any atom is 0.336 e. The zero-order chi connectivity index (χ0) is 8.85. The molecule has 0 amide bonds. The molecule has 0 aliphatic carbocycles. The Hall–Kier alpha value is -0.500. The summed E-state index contributed by atoms with van der Waals surface area (Å²) >= 11 is -2.88. The van der Waals surface area contributed by atoms with E-state index in [4.69, 9.17) is 10.8 Å². The van der Waals surface area contributed by atoms with E-state index in [0.29, 0.717) is 0 Å². The van der Waals surface area contributed by atoms with Gasteiger partial charge < -0.3 is 19.6 Å². The molecule has 0 bridgehead atoms. The molecular weight excluding hydrogens is 174 g/mol. The lowest BCUT2D eigenvalue weighted by Gasteiger charge is -2.09. The Balaban J connectivity index is 3.73. The molecule has 0 aliphatic heterocycles. The molecule has 0 aromatic rings. The number of hydrogen-bond donors (Lipinski definition) is 2. The first-order chi connectivity index (χ1) is 5.07. The van der Waals surface area contributed by atoms with Crippen molar-refractivity contribution in [3.05, 3.63) is 0 Å². The second-order valence-electron chi connectivity index (χ2n) is 1.73. The van der Waals surface area contributed by atoms with E-state index in [9.17, 15) is 13.6 Å². The fourth-order valence-corrected chi connectivity index (χ4v) is 0.644. The highest BCUT2D eigenvalue weighted by molar-refractivity contribution is 7.74. The Morgan fingerprint density at radius 3 is 2.73 bits per heavy atom. The van der Waals surface area contributed by atoms with E-state index in [1.165, 1.54) is 0 Å². The zero-order valence-electron chi connectivity index (χ0n) is 5.56. The van der Waals surface area contributed by atoms with Crippen molar-refractivity contribution in [2.75, 3.05) is 6.61 Å². The summed E-state index contributed by atoms with van der Waals surface area (Å²) in [6.45, 7) is -0.290. The molecule has 1 unspecified atom stereocenters. The maximum absolute atomic E-state index is 10.5. The number of carbonyl (C=O) groups is 1. The average molecular weight is 182 g/mol. The van der Waals surface area contributed by atoms with Crippen LogP contribution < -0.4 is 5.73 Å². The Morgan fingerprint density at radius 2 is 2.36 bits per heavy atom. The van der Waals surface area contributed by atoms with Crippen LogP contribution in [0.1, 0.15) is 6.42 Å². The lowest BCUT2D eigenvalue weighted by atomic mass is 10.2. The van der Waals surface area contributed by atoms with E-state index in [1.54, 1.807) is 0 Å². The molecule has 66 valence electrons. The third-order valence-corrected chi connectivity index (χ3v) is 1.19. The summed E-state index contributed by atoms with van der Waals surface area (Å²) < 4.78 is 23.2. The van der Waals surface area contributed by atoms with Gasteiger partial charge in [0.1, 0.15) is 17.4 Å². The van der Waals surface area contributed by atoms with E-state index < -0.39 is 23.4 Å². The number of nitrogens with two attached hydrogens (primary N) is 1. The molecule has 3 N–H and O–H groups in total. The van der Waals surface area contributed by atoms with Crippen molar-refractivity contribution in [3.63, 3.8) is 0 Å². The average Bonchev–Trinajstić information content (AvgIpc) is 1.86. The molecule has 0 heterocycles. The number of rotatable bonds is 4. The Morgan fingerprint density at radius 1 is 1.82 bits per heavy atom. The van der Waals surface area contributed by atoms with E-state index in [-0.39, 0.29) is 13.0 Å². The van der Waals surface area contributed by atoms with Gasteiger partial charge in [-0.15, -0.1) is 0 Å². The lowest BCUT2D eigenvalue weighted by Crippen LogP contribution is -2.33. The van der Waals surface area contributed by atoms with Crippen LogP contribution in [0, 0.1) is 0 Å². The van der Waals surface area contributed by atoms with Crippen molar-refractivity contribution in [3.8, 4) is 0 Å². The van der Waals surface area contributed by atoms with Gasteiger partial charge in [0.25, 0.3) is 0 Å². The highest BCUT2D eigenvalue weighted by Crippen LogP contribution is 1.92. The number of carbonyl (C=O) groups excluding carboxylic acids is 1. The molecule has 0 aromatic heterocycles. The van der Waals surface area contributed by atoms with Crippen LogP contribution in [0.4, 0.5) is 0 Å². The van der Waals surface area contributed by atoms with E-state index in [1.807, 2.05) is 0 Å². The van der Waals surface area contributed by atoms with Crippen LogP contribution in [-0.4, -0.2) is 32.5 Å². The number of aliphatic hydroxyl groups excluding tert-OH is 1. The number of hydrogen-bond acceptors (Lipinski definition) is 6. The quantitative estimate of drug-likeness (QED) is 0.488. The predicted molar refractivity (Wildman–Crippen MR) is 34.7 cm³/mol. The first-order valence-electron chi connectivity index (χ1n) is 2.75. The largest absolute Gasteiger partial charge is 0.740 e. The topological polar surface area (TPSA) is 113 Å². The van der Waals surface area contributed by atoms with E-state index in [2.05, 4.69) is 4.18 Å². The minimum atomic E-state index is -2.88. The highest BCUT2D eigenvalue weighted by Gasteiger charge is 2.14. The van der Waals surface area contributed by atoms with Gasteiger partial charge in [0, 0.05) is 6.61 Å². The summed E-state index contributed by atoms with van der Waals surface area (Å²) in [4.78, 5) is 10.5. The van der Waals surface area contributed by atoms with Gasteiger partial charge in [-0.05, 0) is 6.42 Å². The second-order valence-corrected chi connectivity index (χ2v) is 2.30. The zero-order valence-corrected chi connectivity index (χ0v) is 6.37. The molecular formula is C4H8NO5S-. The van der Waals surface area contributed by atoms with Gasteiger partial charge in [-0.25, -0.2) is 9.00 Å². The van der Waals surface area contributed by atoms with Crippen molar-refractivity contribution in [2.24, 2.45) is 5.73 Å². The van der Waals surface area contributed by atoms with Gasteiger partial charge in [0.2, 0.25) is 0 Å². The standard InChI is InChI=1S/C4H9NO5S/c5-3(1-2-6)4(7)10-11(8)9/h3,6H,1-2,5H2,(H,8,9)/p-1/t3-/m0/s1. The summed E-state index contributed by atoms with van der Waals surface area (Å²) in [6, 6.07) is -1.09. The molecule has 0 aliphatic rings. The minimum absolute atomic E-state index is 0.0178. The van der Waals surface area contributed by atoms with Gasteiger partial charge in [-0.2, -0.15) is 0 Å². The predicted octanol–water partition coefficient (Wildman–Crippen LogP) is -1.97. The molecule has 11 heavy (non-hydrogen) atoms. The van der Waals surface area contributed by atoms with Gasteiger partial charge >= 0.3 is 5.97 Å². The Bertz CT molecular complexity index is 161. The van der Waals surface area contributed by atoms with Gasteiger partial charge in [-0.1, -0.05) is 0 Å². The van der Waals surface area contributed by atoms with Crippen molar-refractivity contribution in [1.82, 2.24) is 0 Å². The van der Waals surface area contributed by atoms with E-state index in [0.717, 1.165) is 0 Å². The number of aliphatic hydroxyl groups is 1. The highest BCUT2D eigenvalue weighted by atomic mass is 32.2. The minimum Gasteiger partial charge on any atom is -0.740 e. The fraction of sp³-hybridized carbons (Fsp3) is 0.750. The third-order valence-electron chi connectivity index (χ3n) is 0.893. The second kappa shape index (κ2) is 5.19. The summed E-state index contributed by atoms with van der Waals surface area (Å²) in [5, 5.41) is 8.28. The SMILES string of the molecule is N[C@@H](CCO)C(=O)OS(=O)[O-]. The first kappa shape index (κ1) is 10.5. The van der Waals surface area contributed by atoms with Crippen LogP contribution in [-0.2, 0) is 20.3 Å². The van der Waals surface area contributed by atoms with E-state index >= 15 is 0 Å². The van der Waals surface area contributed by atoms with Crippen LogP contribution in [0.2, 0.25) is 0 Å². The lowest BCUT2D eigenvalue weighted by molar-refractivity contribution is -0.135. The molecule has 0 aromatic carbocycles. The Kier molecular flexibility index (Phi) is 4.95. The van der Waals surface area contributed by atoms with Gasteiger partial charge in [0.05, 0.1) is 0 Å². The normalized spacial score (nSPS) is 15.5. The smallest absolute Gasteiger partial charge is 0.336 e. The maximum atomic E-state index is 10.5. The molecule has 6 nitrogen and oxygen atoms in total. The first-order valence-corrected chi connectivity index (χ1v) is 3.75. The summed E-state index contributed by atoms with van der Waals surface area (Å²) in [7, 11) is 0. The van der Waals surface area contributed by atoms with Crippen LogP contribution in [0.15, 0.2) is 0 Å². The summed E-state index contributed by atoms with van der Waals surface area (Å²) in [5.41, 5.74) is 5.07. The monoisotopic (exact) mass is 182 g/mol. The summed E-state index contributed by atoms with van der Waals surface area (Å²) in [5.74, 6) is -1.06. The molecule has 0 saturated heterocycles. The van der Waals surface area contributed by atoms with Crippen molar-refractivity contribution in [2.45, 2.75) is 12.5 Å². The molecule has 7 heteroatoms. The molecule has 0 radical (unpaired) electrons. The van der Waals surface area contributed by atoms with Crippen molar-refractivity contribution in [1.29, 1.82) is 0 Å². The van der Waals surface area contributed by atoms with Crippen LogP contribution in [0.3, 0.4) is 0 Å². The molecule has 0 spiro atoms. The van der Waals surface area contributed by atoms with Crippen LogP contribution >= 0.6 is 0 Å². The fourth-order valence-electron chi connectivity index (χ4n) is 0.386. The summed E-state index contributed by atoms with van der Waals surface area (Å²) in [6.07, 6.45) is -0.0178. The molecule has 0 saturated carbocycles. The van der Waals surface area contributed by atoms with Crippen LogP contribution in [0.25, 0.3) is 0 Å². The van der Waals surface area contributed by atoms with Crippen molar-refractivity contribution >= 4 is 17.3 Å². The molecule has 2 atom stereocenters. The van der Waals surface area contributed by atoms with Gasteiger partial charge in [0.15, 0.2) is 0 Å².